The number of likely N-dealkylation sites (tertiary alicyclic amines) is 1. The molecule has 7 rings (SSSR count). The number of aromatic nitrogens is 1. The number of hydrogen-bond acceptors (Lipinski definition) is 6. The van der Waals surface area contributed by atoms with E-state index in [1.54, 1.807) is 11.0 Å². The molecule has 2 saturated heterocycles. The number of fused-ring (bicyclic) bond motifs is 3. The van der Waals surface area contributed by atoms with Gasteiger partial charge in [-0.05, 0) is 61.1 Å². The lowest BCUT2D eigenvalue weighted by atomic mass is 9.66. The van der Waals surface area contributed by atoms with Crippen molar-refractivity contribution in [3.63, 3.8) is 0 Å². The normalized spacial score (nSPS) is 26.6. The molecule has 9 heteroatoms. The Bertz CT molecular complexity index is 1820. The number of halogens is 1. The summed E-state index contributed by atoms with van der Waals surface area (Å²) in [5, 5.41) is 0.684. The monoisotopic (exact) mass is 624 g/mol. The van der Waals surface area contributed by atoms with E-state index in [9.17, 15) is 18.8 Å². The fourth-order valence-electron chi connectivity index (χ4n) is 7.68. The maximum atomic E-state index is 14.7. The van der Waals surface area contributed by atoms with E-state index in [0.29, 0.717) is 31.2 Å². The molecule has 1 aliphatic carbocycles. The molecule has 3 aliphatic rings. The average molecular weight is 625 g/mol. The number of esters is 2. The molecule has 3 heterocycles. The quantitative estimate of drug-likeness (QED) is 0.181. The van der Waals surface area contributed by atoms with Crippen LogP contribution in [-0.2, 0) is 30.4 Å². The minimum Gasteiger partial charge on any atom is -0.457 e. The Balaban J connectivity index is 1.26. The second-order valence-corrected chi connectivity index (χ2v) is 13.5. The van der Waals surface area contributed by atoms with Crippen molar-refractivity contribution in [2.24, 2.45) is 10.8 Å². The Kier molecular flexibility index (Phi) is 7.18. The highest BCUT2D eigenvalue weighted by Crippen LogP contribution is 2.66. The number of nitrogens with one attached hydrogen (secondary N) is 1. The molecular formula is C37H37FN2O6. The first-order valence-corrected chi connectivity index (χ1v) is 15.8. The van der Waals surface area contributed by atoms with E-state index < -0.39 is 46.5 Å². The molecule has 0 spiro atoms. The molecule has 1 aromatic heterocycles. The van der Waals surface area contributed by atoms with Gasteiger partial charge in [0.1, 0.15) is 18.5 Å². The summed E-state index contributed by atoms with van der Waals surface area (Å²) >= 11 is 0. The van der Waals surface area contributed by atoms with E-state index in [1.807, 2.05) is 81.4 Å². The Morgan fingerprint density at radius 2 is 1.72 bits per heavy atom. The van der Waals surface area contributed by atoms with Crippen LogP contribution in [0.1, 0.15) is 57.1 Å². The lowest BCUT2D eigenvalue weighted by molar-refractivity contribution is -0.189. The van der Waals surface area contributed by atoms with Gasteiger partial charge in [0.2, 0.25) is 5.60 Å². The average Bonchev–Trinajstić information content (AvgIpc) is 3.58. The first-order chi connectivity index (χ1) is 22.0. The van der Waals surface area contributed by atoms with Crippen molar-refractivity contribution < 1.29 is 33.0 Å². The van der Waals surface area contributed by atoms with Crippen molar-refractivity contribution in [3.05, 3.63) is 95.8 Å². The van der Waals surface area contributed by atoms with E-state index in [0.717, 1.165) is 27.9 Å². The molecule has 0 unspecified atom stereocenters. The molecule has 238 valence electrons. The third kappa shape index (κ3) is 4.58. The lowest BCUT2D eigenvalue weighted by Gasteiger charge is -2.41. The van der Waals surface area contributed by atoms with E-state index >= 15 is 0 Å². The number of aromatic amines is 1. The largest absolute Gasteiger partial charge is 0.457 e. The van der Waals surface area contributed by atoms with Crippen LogP contribution < -0.4 is 0 Å². The van der Waals surface area contributed by atoms with Gasteiger partial charge in [-0.3, -0.25) is 4.79 Å². The molecule has 3 aromatic carbocycles. The van der Waals surface area contributed by atoms with Gasteiger partial charge in [0.15, 0.2) is 0 Å². The first-order valence-electron chi connectivity index (χ1n) is 15.8. The zero-order valence-electron chi connectivity index (χ0n) is 26.2. The predicted molar refractivity (Wildman–Crippen MR) is 169 cm³/mol. The number of H-pyrrole nitrogens is 1. The molecule has 3 fully saturated rings. The van der Waals surface area contributed by atoms with Gasteiger partial charge in [0.05, 0.1) is 17.7 Å². The highest BCUT2D eigenvalue weighted by atomic mass is 19.1. The van der Waals surface area contributed by atoms with Crippen molar-refractivity contribution in [1.82, 2.24) is 9.88 Å². The van der Waals surface area contributed by atoms with E-state index in [2.05, 4.69) is 4.98 Å². The van der Waals surface area contributed by atoms with Gasteiger partial charge in [-0.1, -0.05) is 74.5 Å². The molecule has 1 saturated carbocycles. The Morgan fingerprint density at radius 3 is 2.39 bits per heavy atom. The summed E-state index contributed by atoms with van der Waals surface area (Å²) < 4.78 is 32.7. The van der Waals surface area contributed by atoms with Crippen LogP contribution in [0.5, 0.6) is 0 Å². The van der Waals surface area contributed by atoms with Gasteiger partial charge < -0.3 is 24.1 Å². The van der Waals surface area contributed by atoms with Gasteiger partial charge in [-0.2, -0.15) is 0 Å². The minimum atomic E-state index is -1.44. The standard InChI is InChI=1S/C37H37FN2O6/c1-35(2)36(3)17-18-37(35,46-32(36)41)33(42)45-29-21-40(34(43)44-22-23-10-6-4-7-11-23)19-16-26(29)30-27-20-25(38)14-15-28(27)39-31(30)24-12-8-5-9-13-24/h4-15,20,26,29,39H,16-19,21-22H2,1-3H3/t26-,29-,36-,37+/m1/s1. The number of nitrogens with zero attached hydrogens (tertiary/aromatic N) is 1. The van der Waals surface area contributed by atoms with Crippen LogP contribution in [-0.4, -0.2) is 52.7 Å². The molecule has 4 atom stereocenters. The van der Waals surface area contributed by atoms with Gasteiger partial charge in [0, 0.05) is 28.8 Å². The molecule has 4 aromatic rings. The number of ether oxygens (including phenoxy) is 3. The number of hydrogen-bond donors (Lipinski definition) is 1. The predicted octanol–water partition coefficient (Wildman–Crippen LogP) is 7.13. The molecule has 8 nitrogen and oxygen atoms in total. The maximum Gasteiger partial charge on any atom is 0.410 e. The summed E-state index contributed by atoms with van der Waals surface area (Å²) in [5.41, 5.74) is 1.08. The van der Waals surface area contributed by atoms with Crippen LogP contribution >= 0.6 is 0 Å². The van der Waals surface area contributed by atoms with Crippen LogP contribution in [0.25, 0.3) is 22.2 Å². The van der Waals surface area contributed by atoms with Gasteiger partial charge in [-0.15, -0.1) is 0 Å². The fourth-order valence-corrected chi connectivity index (χ4v) is 7.68. The minimum absolute atomic E-state index is 0.0575. The second kappa shape index (κ2) is 11.0. The number of amides is 1. The summed E-state index contributed by atoms with van der Waals surface area (Å²) in [4.78, 5) is 45.6. The molecule has 2 aliphatic heterocycles. The summed E-state index contributed by atoms with van der Waals surface area (Å²) in [6.45, 7) is 6.11. The van der Waals surface area contributed by atoms with E-state index in [4.69, 9.17) is 14.2 Å². The third-order valence-corrected chi connectivity index (χ3v) is 10.9. The lowest BCUT2D eigenvalue weighted by Crippen LogP contribution is -2.53. The van der Waals surface area contributed by atoms with E-state index in [-0.39, 0.29) is 19.0 Å². The highest BCUT2D eigenvalue weighted by molar-refractivity contribution is 5.94. The van der Waals surface area contributed by atoms with Gasteiger partial charge >= 0.3 is 18.0 Å². The molecule has 1 amide bonds. The van der Waals surface area contributed by atoms with Gasteiger partial charge in [-0.25, -0.2) is 14.0 Å². The first kappa shape index (κ1) is 30.0. The summed E-state index contributed by atoms with van der Waals surface area (Å²) in [5.74, 6) is -1.80. The van der Waals surface area contributed by atoms with Crippen molar-refractivity contribution in [1.29, 1.82) is 0 Å². The zero-order chi connectivity index (χ0) is 32.3. The van der Waals surface area contributed by atoms with Crippen LogP contribution in [0.2, 0.25) is 0 Å². The summed E-state index contributed by atoms with van der Waals surface area (Å²) in [6.07, 6.45) is -0.0491. The van der Waals surface area contributed by atoms with Crippen molar-refractivity contribution >= 4 is 28.9 Å². The molecule has 46 heavy (non-hydrogen) atoms. The number of carbonyl (C=O) groups excluding carboxylic acids is 3. The van der Waals surface area contributed by atoms with Crippen LogP contribution in [0.3, 0.4) is 0 Å². The van der Waals surface area contributed by atoms with E-state index in [1.165, 1.54) is 12.1 Å². The molecule has 2 bridgehead atoms. The van der Waals surface area contributed by atoms with Crippen molar-refractivity contribution in [2.45, 2.75) is 64.3 Å². The summed E-state index contributed by atoms with van der Waals surface area (Å²) in [7, 11) is 0. The fraction of sp³-hybridized carbons (Fsp3) is 0.378. The Hall–Kier alpha value is -4.66. The van der Waals surface area contributed by atoms with Crippen molar-refractivity contribution in [3.8, 4) is 11.3 Å². The van der Waals surface area contributed by atoms with Crippen molar-refractivity contribution in [2.75, 3.05) is 13.1 Å². The third-order valence-electron chi connectivity index (χ3n) is 10.9. The Labute approximate surface area is 266 Å². The smallest absolute Gasteiger partial charge is 0.410 e. The SMILES string of the molecule is CC1(C)[C@@]2(C(=O)O[C@@H]3CN(C(=O)OCc4ccccc4)CC[C@H]3c3c(-c4ccccc4)[nH]c4ccc(F)cc34)CC[C@]1(C)C(=O)O2. The number of rotatable bonds is 6. The van der Waals surface area contributed by atoms with Gasteiger partial charge in [0.25, 0.3) is 0 Å². The summed E-state index contributed by atoms with van der Waals surface area (Å²) in [6, 6.07) is 23.8. The molecule has 0 radical (unpaired) electrons. The second-order valence-electron chi connectivity index (χ2n) is 13.5. The van der Waals surface area contributed by atoms with Crippen LogP contribution in [0.15, 0.2) is 78.9 Å². The molecular weight excluding hydrogens is 587 g/mol. The number of piperidine rings is 1. The van der Waals surface area contributed by atoms with Crippen LogP contribution in [0, 0.1) is 16.6 Å². The maximum absolute atomic E-state index is 14.7. The topological polar surface area (TPSA) is 97.9 Å². The highest BCUT2D eigenvalue weighted by Gasteiger charge is 2.76. The number of carbonyl (C=O) groups is 3. The van der Waals surface area contributed by atoms with Crippen LogP contribution in [0.4, 0.5) is 9.18 Å². The molecule has 1 N–H and O–H groups in total. The Morgan fingerprint density at radius 1 is 1.00 bits per heavy atom. The number of benzene rings is 3. The zero-order valence-corrected chi connectivity index (χ0v) is 26.2.